The van der Waals surface area contributed by atoms with Crippen LogP contribution in [0.15, 0.2) is 48.7 Å². The maximum atomic E-state index is 12.5. The zero-order chi connectivity index (χ0) is 19.2. The molecule has 3 amide bonds. The SMILES string of the molecule is NC(=O)c1ccc(C(=O)N2CCC(C(=O)NCc3ccccc3)CC2)cn1. The normalized spacial score (nSPS) is 14.6. The van der Waals surface area contributed by atoms with Crippen LogP contribution in [0.4, 0.5) is 0 Å². The van der Waals surface area contributed by atoms with E-state index in [4.69, 9.17) is 5.73 Å². The second-order valence-corrected chi connectivity index (χ2v) is 6.57. The van der Waals surface area contributed by atoms with Crippen LogP contribution < -0.4 is 11.1 Å². The number of nitrogens with two attached hydrogens (primary N) is 1. The lowest BCUT2D eigenvalue weighted by Gasteiger charge is -2.31. The average molecular weight is 366 g/mol. The van der Waals surface area contributed by atoms with Crippen molar-refractivity contribution in [1.82, 2.24) is 15.2 Å². The van der Waals surface area contributed by atoms with E-state index in [2.05, 4.69) is 10.3 Å². The molecule has 1 saturated heterocycles. The van der Waals surface area contributed by atoms with E-state index in [1.807, 2.05) is 30.3 Å². The van der Waals surface area contributed by atoms with Crippen LogP contribution in [0.2, 0.25) is 0 Å². The monoisotopic (exact) mass is 366 g/mol. The van der Waals surface area contributed by atoms with Gasteiger partial charge in [0.05, 0.1) is 5.56 Å². The second-order valence-electron chi connectivity index (χ2n) is 6.57. The Hall–Kier alpha value is -3.22. The Bertz CT molecular complexity index is 813. The lowest BCUT2D eigenvalue weighted by Crippen LogP contribution is -2.43. The predicted octanol–water partition coefficient (Wildman–Crippen LogP) is 1.35. The van der Waals surface area contributed by atoms with Gasteiger partial charge in [-0.3, -0.25) is 19.4 Å². The number of pyridine rings is 1. The van der Waals surface area contributed by atoms with Crippen molar-refractivity contribution in [3.05, 3.63) is 65.5 Å². The van der Waals surface area contributed by atoms with Crippen LogP contribution in [0.5, 0.6) is 0 Å². The van der Waals surface area contributed by atoms with E-state index in [0.717, 1.165) is 5.56 Å². The van der Waals surface area contributed by atoms with Crippen molar-refractivity contribution in [2.24, 2.45) is 11.7 Å². The number of hydrogen-bond acceptors (Lipinski definition) is 4. The fourth-order valence-corrected chi connectivity index (χ4v) is 3.12. The number of likely N-dealkylation sites (tertiary alicyclic amines) is 1. The molecule has 2 heterocycles. The van der Waals surface area contributed by atoms with E-state index in [9.17, 15) is 14.4 Å². The minimum Gasteiger partial charge on any atom is -0.364 e. The molecule has 7 heteroatoms. The topological polar surface area (TPSA) is 105 Å². The number of aromatic nitrogens is 1. The highest BCUT2D eigenvalue weighted by Crippen LogP contribution is 2.19. The summed E-state index contributed by atoms with van der Waals surface area (Å²) < 4.78 is 0. The van der Waals surface area contributed by atoms with E-state index < -0.39 is 5.91 Å². The second kappa shape index (κ2) is 8.44. The number of nitrogens with zero attached hydrogens (tertiary/aromatic N) is 2. The van der Waals surface area contributed by atoms with Gasteiger partial charge in [-0.1, -0.05) is 30.3 Å². The third-order valence-electron chi connectivity index (χ3n) is 4.73. The van der Waals surface area contributed by atoms with Crippen LogP contribution in [-0.2, 0) is 11.3 Å². The van der Waals surface area contributed by atoms with Crippen molar-refractivity contribution in [3.8, 4) is 0 Å². The summed E-state index contributed by atoms with van der Waals surface area (Å²) in [5.41, 5.74) is 6.75. The van der Waals surface area contributed by atoms with Crippen molar-refractivity contribution < 1.29 is 14.4 Å². The number of carbonyl (C=O) groups excluding carboxylic acids is 3. The summed E-state index contributed by atoms with van der Waals surface area (Å²) in [5, 5.41) is 2.97. The van der Waals surface area contributed by atoms with Crippen molar-refractivity contribution in [1.29, 1.82) is 0 Å². The maximum absolute atomic E-state index is 12.5. The van der Waals surface area contributed by atoms with Crippen molar-refractivity contribution in [3.63, 3.8) is 0 Å². The Kier molecular flexibility index (Phi) is 5.80. The van der Waals surface area contributed by atoms with E-state index >= 15 is 0 Å². The van der Waals surface area contributed by atoms with E-state index in [-0.39, 0.29) is 23.4 Å². The molecule has 3 N–H and O–H groups in total. The van der Waals surface area contributed by atoms with Gasteiger partial charge in [0.2, 0.25) is 5.91 Å². The summed E-state index contributed by atoms with van der Waals surface area (Å²) in [6, 6.07) is 12.8. The summed E-state index contributed by atoms with van der Waals surface area (Å²) in [6.45, 7) is 1.54. The van der Waals surface area contributed by atoms with Gasteiger partial charge in [-0.05, 0) is 30.5 Å². The Labute approximate surface area is 157 Å². The molecule has 140 valence electrons. The quantitative estimate of drug-likeness (QED) is 0.833. The van der Waals surface area contributed by atoms with Crippen LogP contribution in [0.1, 0.15) is 39.3 Å². The van der Waals surface area contributed by atoms with Crippen LogP contribution >= 0.6 is 0 Å². The zero-order valence-electron chi connectivity index (χ0n) is 14.9. The fourth-order valence-electron chi connectivity index (χ4n) is 3.12. The Morgan fingerprint density at radius 3 is 2.37 bits per heavy atom. The number of amides is 3. The van der Waals surface area contributed by atoms with Gasteiger partial charge in [0.25, 0.3) is 11.8 Å². The van der Waals surface area contributed by atoms with Crippen LogP contribution in [-0.4, -0.2) is 40.7 Å². The largest absolute Gasteiger partial charge is 0.364 e. The van der Waals surface area contributed by atoms with E-state index in [1.54, 1.807) is 11.0 Å². The molecule has 0 bridgehead atoms. The number of nitrogens with one attached hydrogen (secondary N) is 1. The highest BCUT2D eigenvalue weighted by Gasteiger charge is 2.27. The first-order valence-corrected chi connectivity index (χ1v) is 8.91. The van der Waals surface area contributed by atoms with Crippen LogP contribution in [0.25, 0.3) is 0 Å². The van der Waals surface area contributed by atoms with Crippen molar-refractivity contribution in [2.75, 3.05) is 13.1 Å². The van der Waals surface area contributed by atoms with Gasteiger partial charge >= 0.3 is 0 Å². The number of rotatable bonds is 5. The van der Waals surface area contributed by atoms with Gasteiger partial charge in [0, 0.05) is 31.7 Å². The number of piperidine rings is 1. The highest BCUT2D eigenvalue weighted by molar-refractivity contribution is 5.96. The number of hydrogen-bond donors (Lipinski definition) is 2. The van der Waals surface area contributed by atoms with Gasteiger partial charge in [0.15, 0.2) is 0 Å². The number of benzene rings is 1. The average Bonchev–Trinajstić information content (AvgIpc) is 2.72. The molecule has 0 unspecified atom stereocenters. The molecule has 1 aliphatic rings. The van der Waals surface area contributed by atoms with E-state index in [0.29, 0.717) is 38.0 Å². The minimum absolute atomic E-state index is 0.0263. The summed E-state index contributed by atoms with van der Waals surface area (Å²) in [7, 11) is 0. The van der Waals surface area contributed by atoms with Crippen molar-refractivity contribution in [2.45, 2.75) is 19.4 Å². The lowest BCUT2D eigenvalue weighted by atomic mass is 9.95. The summed E-state index contributed by atoms with van der Waals surface area (Å²) >= 11 is 0. The summed E-state index contributed by atoms with van der Waals surface area (Å²) in [4.78, 5) is 41.6. The predicted molar refractivity (Wildman–Crippen MR) is 99.7 cm³/mol. The third kappa shape index (κ3) is 4.69. The Morgan fingerprint density at radius 2 is 1.78 bits per heavy atom. The van der Waals surface area contributed by atoms with Crippen molar-refractivity contribution >= 4 is 17.7 Å². The number of primary amides is 1. The highest BCUT2D eigenvalue weighted by atomic mass is 16.2. The zero-order valence-corrected chi connectivity index (χ0v) is 14.9. The molecule has 0 radical (unpaired) electrons. The van der Waals surface area contributed by atoms with E-state index in [1.165, 1.54) is 12.3 Å². The molecule has 2 aromatic rings. The molecule has 1 aliphatic heterocycles. The molecule has 0 spiro atoms. The molecular formula is C20H22N4O3. The molecule has 0 saturated carbocycles. The first kappa shape index (κ1) is 18.6. The van der Waals surface area contributed by atoms with Gasteiger partial charge in [-0.2, -0.15) is 0 Å². The molecule has 0 aliphatic carbocycles. The van der Waals surface area contributed by atoms with Crippen LogP contribution in [0.3, 0.4) is 0 Å². The summed E-state index contributed by atoms with van der Waals surface area (Å²) in [5.74, 6) is -0.843. The molecule has 1 aromatic heterocycles. The van der Waals surface area contributed by atoms with Gasteiger partial charge < -0.3 is 16.0 Å². The Balaban J connectivity index is 1.49. The first-order chi connectivity index (χ1) is 13.0. The minimum atomic E-state index is -0.628. The first-order valence-electron chi connectivity index (χ1n) is 8.91. The van der Waals surface area contributed by atoms with Gasteiger partial charge in [-0.25, -0.2) is 0 Å². The molecule has 27 heavy (non-hydrogen) atoms. The molecule has 3 rings (SSSR count). The smallest absolute Gasteiger partial charge is 0.267 e. The standard InChI is InChI=1S/C20H22N4O3/c21-18(25)17-7-6-16(13-22-17)20(27)24-10-8-15(9-11-24)19(26)23-12-14-4-2-1-3-5-14/h1-7,13,15H,8-12H2,(H2,21,25)(H,23,26). The summed E-state index contributed by atoms with van der Waals surface area (Å²) in [6.07, 6.45) is 2.61. The number of carbonyl (C=O) groups is 3. The third-order valence-corrected chi connectivity index (χ3v) is 4.73. The molecule has 7 nitrogen and oxygen atoms in total. The molecule has 1 fully saturated rings. The fraction of sp³-hybridized carbons (Fsp3) is 0.300. The molecular weight excluding hydrogens is 344 g/mol. The lowest BCUT2D eigenvalue weighted by molar-refractivity contribution is -0.126. The van der Waals surface area contributed by atoms with Gasteiger partial charge in [-0.15, -0.1) is 0 Å². The van der Waals surface area contributed by atoms with Crippen LogP contribution in [0, 0.1) is 5.92 Å². The Morgan fingerprint density at radius 1 is 1.07 bits per heavy atom. The maximum Gasteiger partial charge on any atom is 0.267 e. The molecule has 0 atom stereocenters. The van der Waals surface area contributed by atoms with Gasteiger partial charge in [0.1, 0.15) is 5.69 Å². The molecule has 1 aromatic carbocycles.